The zero-order valence-corrected chi connectivity index (χ0v) is 20.6. The second-order valence-corrected chi connectivity index (χ2v) is 8.63. The van der Waals surface area contributed by atoms with Crippen molar-refractivity contribution >= 4 is 29.1 Å². The van der Waals surface area contributed by atoms with Gasteiger partial charge >= 0.3 is 18.2 Å². The number of piperazine rings is 1. The second-order valence-electron chi connectivity index (χ2n) is 8.63. The quantitative estimate of drug-likeness (QED) is 0.427. The van der Waals surface area contributed by atoms with Crippen LogP contribution in [0.25, 0.3) is 10.9 Å². The van der Waals surface area contributed by atoms with E-state index in [1.54, 1.807) is 53.2 Å². The molecule has 2 aromatic heterocycles. The van der Waals surface area contributed by atoms with Crippen molar-refractivity contribution in [3.8, 4) is 23.1 Å². The molecule has 194 valence electrons. The first kappa shape index (κ1) is 24.8. The lowest BCUT2D eigenvalue weighted by Crippen LogP contribution is -2.48. The molecule has 0 saturated carbocycles. The average Bonchev–Trinajstić information content (AvgIpc) is 3.32. The molecule has 0 aliphatic carbocycles. The largest absolute Gasteiger partial charge is 0.457 e. The van der Waals surface area contributed by atoms with Crippen LogP contribution in [0, 0.1) is 0 Å². The number of likely N-dealkylation sites (N-methyl/N-ethyl adjacent to an activating group) is 1. The summed E-state index contributed by atoms with van der Waals surface area (Å²) < 4.78 is 17.6. The van der Waals surface area contributed by atoms with Crippen LogP contribution < -0.4 is 19.5 Å². The number of carbonyl (C=O) groups excluding carboxylic acids is 3. The Balaban J connectivity index is 1.20. The summed E-state index contributed by atoms with van der Waals surface area (Å²) in [5.41, 5.74) is 0.777. The van der Waals surface area contributed by atoms with Crippen molar-refractivity contribution in [2.45, 2.75) is 0 Å². The van der Waals surface area contributed by atoms with E-state index in [4.69, 9.17) is 14.2 Å². The number of rotatable bonds is 4. The Morgan fingerprint density at radius 2 is 1.55 bits per heavy atom. The fourth-order valence-corrected chi connectivity index (χ4v) is 3.97. The van der Waals surface area contributed by atoms with E-state index in [1.165, 1.54) is 12.3 Å². The molecule has 1 aliphatic rings. The number of carbonyl (C=O) groups is 3. The molecule has 0 atom stereocenters. The molecule has 1 fully saturated rings. The predicted octanol–water partition coefficient (Wildman–Crippen LogP) is 4.33. The van der Waals surface area contributed by atoms with Gasteiger partial charge in [0.1, 0.15) is 17.2 Å². The number of ether oxygens (including phenoxy) is 3. The Morgan fingerprint density at radius 3 is 2.34 bits per heavy atom. The highest BCUT2D eigenvalue weighted by molar-refractivity contribution is 5.92. The molecule has 2 aromatic carbocycles. The van der Waals surface area contributed by atoms with Crippen LogP contribution in [0.2, 0.25) is 0 Å². The number of para-hydroxylation sites is 1. The molecule has 1 aliphatic heterocycles. The van der Waals surface area contributed by atoms with Crippen LogP contribution in [0.4, 0.5) is 14.4 Å². The number of amides is 3. The third-order valence-corrected chi connectivity index (χ3v) is 5.94. The van der Waals surface area contributed by atoms with E-state index < -0.39 is 12.2 Å². The fraction of sp³-hybridized carbons (Fsp3) is 0.185. The highest BCUT2D eigenvalue weighted by Gasteiger charge is 2.21. The van der Waals surface area contributed by atoms with Gasteiger partial charge in [-0.1, -0.05) is 18.2 Å². The third kappa shape index (κ3) is 5.90. The van der Waals surface area contributed by atoms with E-state index in [2.05, 4.69) is 9.88 Å². The third-order valence-electron chi connectivity index (χ3n) is 5.94. The maximum atomic E-state index is 13.0. The van der Waals surface area contributed by atoms with E-state index in [-0.39, 0.29) is 17.7 Å². The van der Waals surface area contributed by atoms with Crippen LogP contribution in [-0.4, -0.2) is 70.8 Å². The molecule has 0 bridgehead atoms. The molecule has 0 unspecified atom stereocenters. The number of benzene rings is 2. The SMILES string of the molecule is CN1CCN(C(=O)n2ccc3cc(Oc4ccnc(OC(=O)NC(=O)Oc5ccccc5)c4)ccc32)CC1. The Morgan fingerprint density at radius 1 is 0.816 bits per heavy atom. The molecule has 0 spiro atoms. The van der Waals surface area contributed by atoms with Gasteiger partial charge in [-0.25, -0.2) is 24.7 Å². The second kappa shape index (κ2) is 11.0. The smallest absolute Gasteiger partial charge is 0.423 e. The normalized spacial score (nSPS) is 13.7. The van der Waals surface area contributed by atoms with Crippen LogP contribution in [0.3, 0.4) is 0 Å². The highest BCUT2D eigenvalue weighted by atomic mass is 16.6. The molecule has 1 N–H and O–H groups in total. The number of hydrogen-bond donors (Lipinski definition) is 1. The number of hydrogen-bond acceptors (Lipinski definition) is 8. The Labute approximate surface area is 218 Å². The van der Waals surface area contributed by atoms with Crippen molar-refractivity contribution < 1.29 is 28.6 Å². The molecule has 3 heterocycles. The maximum Gasteiger partial charge on any atom is 0.423 e. The molecule has 1 saturated heterocycles. The zero-order chi connectivity index (χ0) is 26.5. The molecule has 38 heavy (non-hydrogen) atoms. The summed E-state index contributed by atoms with van der Waals surface area (Å²) >= 11 is 0. The zero-order valence-electron chi connectivity index (χ0n) is 20.6. The van der Waals surface area contributed by atoms with Crippen molar-refractivity contribution in [1.29, 1.82) is 0 Å². The van der Waals surface area contributed by atoms with Crippen LogP contribution in [0.1, 0.15) is 0 Å². The van der Waals surface area contributed by atoms with E-state index in [1.807, 2.05) is 35.5 Å². The molecular weight excluding hydrogens is 490 g/mol. The standard InChI is InChI=1S/C27H25N5O6/c1-30-13-15-31(16-14-30)27(35)32-12-10-19-17-21(7-8-23(19)32)36-22-9-11-28-24(18-22)38-26(34)29-25(33)37-20-5-3-2-4-6-20/h2-12,17-18H,13-16H2,1H3,(H,29,33,34). The topological polar surface area (TPSA) is 115 Å². The minimum atomic E-state index is -1.05. The summed E-state index contributed by atoms with van der Waals surface area (Å²) in [5, 5.41) is 2.80. The minimum Gasteiger partial charge on any atom is -0.457 e. The van der Waals surface area contributed by atoms with Gasteiger partial charge in [0.15, 0.2) is 0 Å². The van der Waals surface area contributed by atoms with Gasteiger partial charge in [0.05, 0.1) is 5.52 Å². The number of pyridine rings is 1. The number of nitrogens with one attached hydrogen (secondary N) is 1. The predicted molar refractivity (Wildman–Crippen MR) is 138 cm³/mol. The van der Waals surface area contributed by atoms with E-state index >= 15 is 0 Å². The molecule has 0 radical (unpaired) electrons. The minimum absolute atomic E-state index is 0.0522. The van der Waals surface area contributed by atoms with Gasteiger partial charge in [-0.05, 0) is 49.5 Å². The first-order valence-electron chi connectivity index (χ1n) is 11.9. The molecular formula is C27H25N5O6. The molecule has 4 aromatic rings. The van der Waals surface area contributed by atoms with Crippen LogP contribution in [-0.2, 0) is 0 Å². The first-order chi connectivity index (χ1) is 18.4. The van der Waals surface area contributed by atoms with Crippen molar-refractivity contribution in [3.05, 3.63) is 79.1 Å². The highest BCUT2D eigenvalue weighted by Crippen LogP contribution is 2.28. The first-order valence-corrected chi connectivity index (χ1v) is 11.9. The Bertz CT molecular complexity index is 1460. The Kier molecular flexibility index (Phi) is 7.18. The average molecular weight is 516 g/mol. The van der Waals surface area contributed by atoms with Gasteiger partial charge < -0.3 is 24.0 Å². The molecule has 5 rings (SSSR count). The summed E-state index contributed by atoms with van der Waals surface area (Å²) in [6, 6.07) is 18.5. The Hall–Kier alpha value is -4.90. The fourth-order valence-electron chi connectivity index (χ4n) is 3.97. The van der Waals surface area contributed by atoms with Crippen LogP contribution in [0.5, 0.6) is 23.1 Å². The van der Waals surface area contributed by atoms with Crippen molar-refractivity contribution in [2.24, 2.45) is 0 Å². The summed E-state index contributed by atoms with van der Waals surface area (Å²) in [5.74, 6) is 1.09. The van der Waals surface area contributed by atoms with Crippen LogP contribution >= 0.6 is 0 Å². The van der Waals surface area contributed by atoms with Gasteiger partial charge in [0, 0.05) is 50.0 Å². The van der Waals surface area contributed by atoms with E-state index in [0.29, 0.717) is 24.6 Å². The number of aromatic nitrogens is 2. The van der Waals surface area contributed by atoms with Crippen LogP contribution in [0.15, 0.2) is 79.1 Å². The van der Waals surface area contributed by atoms with Gasteiger partial charge in [0.25, 0.3) is 0 Å². The lowest BCUT2D eigenvalue weighted by atomic mass is 10.2. The lowest BCUT2D eigenvalue weighted by molar-refractivity contribution is 0.156. The van der Waals surface area contributed by atoms with Gasteiger partial charge in [-0.15, -0.1) is 0 Å². The van der Waals surface area contributed by atoms with Crippen molar-refractivity contribution in [1.82, 2.24) is 24.7 Å². The van der Waals surface area contributed by atoms with Crippen molar-refractivity contribution in [2.75, 3.05) is 33.2 Å². The summed E-state index contributed by atoms with van der Waals surface area (Å²) in [4.78, 5) is 44.9. The van der Waals surface area contributed by atoms with Gasteiger partial charge in [-0.2, -0.15) is 0 Å². The number of fused-ring (bicyclic) bond motifs is 1. The maximum absolute atomic E-state index is 13.0. The van der Waals surface area contributed by atoms with E-state index in [0.717, 1.165) is 24.0 Å². The molecule has 11 nitrogen and oxygen atoms in total. The van der Waals surface area contributed by atoms with Gasteiger partial charge in [0.2, 0.25) is 5.88 Å². The van der Waals surface area contributed by atoms with Crippen molar-refractivity contribution in [3.63, 3.8) is 0 Å². The number of nitrogens with zero attached hydrogens (tertiary/aromatic N) is 4. The summed E-state index contributed by atoms with van der Waals surface area (Å²) in [6.45, 7) is 3.07. The summed E-state index contributed by atoms with van der Waals surface area (Å²) in [6.07, 6.45) is 1.13. The number of imide groups is 1. The summed E-state index contributed by atoms with van der Waals surface area (Å²) in [7, 11) is 2.05. The lowest BCUT2D eigenvalue weighted by Gasteiger charge is -2.32. The van der Waals surface area contributed by atoms with Gasteiger partial charge in [-0.3, -0.25) is 4.57 Å². The monoisotopic (exact) mass is 515 g/mol. The molecule has 3 amide bonds. The molecule has 11 heteroatoms. The van der Waals surface area contributed by atoms with E-state index in [9.17, 15) is 14.4 Å².